The third-order valence-electron chi connectivity index (χ3n) is 7.53. The molecule has 1 aliphatic rings. The molecule has 204 valence electrons. The number of hydrogen-bond acceptors (Lipinski definition) is 7. The Morgan fingerprint density at radius 1 is 0.951 bits per heavy atom. The van der Waals surface area contributed by atoms with Crippen LogP contribution in [0.4, 0.5) is 10.1 Å². The molecule has 11 heteroatoms. The molecule has 1 amide bonds. The Morgan fingerprint density at radius 2 is 1.80 bits per heavy atom. The standard InChI is InChI=1S/C30H25FN8O2/c31-20-8-17(10-22(40)12-20)23-6-7-33-28-25(23)36-29(37-28)26-24-11-19(14-34-27(24)39-38-26)18-9-21(15-32-13-18)35-30(41)16-4-2-1-3-5-16/h6-16,40H,1-5H2,(H,35,41)(H,33,36,37)(H,34,38,39). The fourth-order valence-electron chi connectivity index (χ4n) is 5.50. The molecular formula is C30H25FN8O2. The minimum absolute atomic E-state index is 0.0423. The van der Waals surface area contributed by atoms with Gasteiger partial charge in [-0.1, -0.05) is 19.3 Å². The van der Waals surface area contributed by atoms with E-state index in [0.717, 1.165) is 48.3 Å². The number of H-pyrrole nitrogens is 2. The monoisotopic (exact) mass is 548 g/mol. The van der Waals surface area contributed by atoms with Gasteiger partial charge in [-0.15, -0.1) is 0 Å². The highest BCUT2D eigenvalue weighted by atomic mass is 19.1. The van der Waals surface area contributed by atoms with Crippen molar-refractivity contribution in [2.75, 3.05) is 5.32 Å². The molecule has 1 aromatic carbocycles. The lowest BCUT2D eigenvalue weighted by molar-refractivity contribution is -0.120. The van der Waals surface area contributed by atoms with Crippen LogP contribution in [0.5, 0.6) is 5.75 Å². The summed E-state index contributed by atoms with van der Waals surface area (Å²) in [5.41, 5.74) is 5.45. The molecule has 41 heavy (non-hydrogen) atoms. The Hall–Kier alpha value is -5.19. The van der Waals surface area contributed by atoms with Gasteiger partial charge in [0.15, 0.2) is 17.1 Å². The van der Waals surface area contributed by atoms with Gasteiger partial charge in [0.05, 0.1) is 17.3 Å². The Labute approximate surface area is 233 Å². The number of benzene rings is 1. The second kappa shape index (κ2) is 10.1. The smallest absolute Gasteiger partial charge is 0.227 e. The zero-order chi connectivity index (χ0) is 27.9. The van der Waals surface area contributed by atoms with Crippen molar-refractivity contribution in [3.8, 4) is 39.5 Å². The topological polar surface area (TPSA) is 145 Å². The van der Waals surface area contributed by atoms with Crippen molar-refractivity contribution in [1.29, 1.82) is 0 Å². The number of aromatic nitrogens is 7. The third kappa shape index (κ3) is 4.75. The number of phenolic OH excluding ortho intramolecular Hbond substituents is 1. The molecule has 10 nitrogen and oxygen atoms in total. The molecule has 0 aliphatic heterocycles. The van der Waals surface area contributed by atoms with E-state index in [1.807, 2.05) is 12.1 Å². The maximum atomic E-state index is 14.0. The van der Waals surface area contributed by atoms with Crippen LogP contribution in [-0.4, -0.2) is 46.1 Å². The molecule has 0 spiro atoms. The van der Waals surface area contributed by atoms with E-state index in [-0.39, 0.29) is 17.6 Å². The van der Waals surface area contributed by atoms with Crippen molar-refractivity contribution >= 4 is 33.8 Å². The number of aromatic hydroxyl groups is 1. The van der Waals surface area contributed by atoms with Crippen LogP contribution < -0.4 is 5.32 Å². The maximum absolute atomic E-state index is 14.0. The summed E-state index contributed by atoms with van der Waals surface area (Å²) in [6.45, 7) is 0. The van der Waals surface area contributed by atoms with Crippen molar-refractivity contribution in [1.82, 2.24) is 35.1 Å². The average Bonchev–Trinajstić information content (AvgIpc) is 3.61. The first-order valence-corrected chi connectivity index (χ1v) is 13.5. The molecule has 5 heterocycles. The van der Waals surface area contributed by atoms with Gasteiger partial charge in [-0.2, -0.15) is 5.10 Å². The number of fused-ring (bicyclic) bond motifs is 2. The Morgan fingerprint density at radius 3 is 2.66 bits per heavy atom. The van der Waals surface area contributed by atoms with Crippen LogP contribution in [0.25, 0.3) is 56.0 Å². The van der Waals surface area contributed by atoms with Crippen LogP contribution in [0.1, 0.15) is 32.1 Å². The fraction of sp³-hybridized carbons (Fsp3) is 0.200. The number of aromatic amines is 2. The average molecular weight is 549 g/mol. The zero-order valence-corrected chi connectivity index (χ0v) is 21.9. The van der Waals surface area contributed by atoms with Crippen LogP contribution in [-0.2, 0) is 4.79 Å². The fourth-order valence-corrected chi connectivity index (χ4v) is 5.50. The van der Waals surface area contributed by atoms with Crippen LogP contribution in [0.15, 0.2) is 61.2 Å². The Balaban J connectivity index is 1.23. The largest absolute Gasteiger partial charge is 0.508 e. The number of hydrogen-bond donors (Lipinski definition) is 4. The molecule has 0 radical (unpaired) electrons. The first-order chi connectivity index (χ1) is 20.0. The molecule has 6 aromatic rings. The number of carbonyl (C=O) groups excluding carboxylic acids is 1. The van der Waals surface area contributed by atoms with Gasteiger partial charge in [-0.25, -0.2) is 19.3 Å². The summed E-state index contributed by atoms with van der Waals surface area (Å²) in [4.78, 5) is 34.0. The van der Waals surface area contributed by atoms with E-state index in [4.69, 9.17) is 4.98 Å². The van der Waals surface area contributed by atoms with Crippen LogP contribution >= 0.6 is 0 Å². The normalized spacial score (nSPS) is 14.1. The number of nitrogens with zero attached hydrogens (tertiary/aromatic N) is 5. The minimum atomic E-state index is -0.551. The quantitative estimate of drug-likeness (QED) is 0.207. The predicted molar refractivity (Wildman–Crippen MR) is 152 cm³/mol. The SMILES string of the molecule is O=C(Nc1cncc(-c2cnc3[nH]nc(-c4nc5c(-c6cc(O)cc(F)c6)ccnc5[nH]4)c3c2)c1)C1CCCCC1. The Bertz CT molecular complexity index is 1900. The first kappa shape index (κ1) is 24.8. The van der Waals surface area contributed by atoms with E-state index < -0.39 is 5.82 Å². The molecule has 1 fully saturated rings. The molecule has 0 atom stereocenters. The number of phenols is 1. The molecule has 7 rings (SSSR count). The third-order valence-corrected chi connectivity index (χ3v) is 7.53. The number of anilines is 1. The van der Waals surface area contributed by atoms with E-state index >= 15 is 0 Å². The second-order valence-electron chi connectivity index (χ2n) is 10.3. The van der Waals surface area contributed by atoms with E-state index in [1.54, 1.807) is 30.9 Å². The van der Waals surface area contributed by atoms with Crippen molar-refractivity contribution in [2.24, 2.45) is 5.92 Å². The summed E-state index contributed by atoms with van der Waals surface area (Å²) < 4.78 is 14.0. The maximum Gasteiger partial charge on any atom is 0.227 e. The van der Waals surface area contributed by atoms with E-state index in [9.17, 15) is 14.3 Å². The highest BCUT2D eigenvalue weighted by Gasteiger charge is 2.22. The van der Waals surface area contributed by atoms with Gasteiger partial charge in [0, 0.05) is 47.3 Å². The number of imidazole rings is 1. The predicted octanol–water partition coefficient (Wildman–Crippen LogP) is 5.99. The molecule has 1 saturated carbocycles. The molecular weight excluding hydrogens is 523 g/mol. The minimum Gasteiger partial charge on any atom is -0.508 e. The molecule has 4 N–H and O–H groups in total. The van der Waals surface area contributed by atoms with Crippen molar-refractivity contribution in [3.05, 3.63) is 67.0 Å². The van der Waals surface area contributed by atoms with Gasteiger partial charge in [-0.3, -0.25) is 14.9 Å². The van der Waals surface area contributed by atoms with Gasteiger partial charge in [0.25, 0.3) is 0 Å². The Kier molecular flexibility index (Phi) is 6.11. The van der Waals surface area contributed by atoms with Gasteiger partial charge < -0.3 is 15.4 Å². The summed E-state index contributed by atoms with van der Waals surface area (Å²) in [7, 11) is 0. The highest BCUT2D eigenvalue weighted by molar-refractivity contribution is 5.97. The highest BCUT2D eigenvalue weighted by Crippen LogP contribution is 2.33. The van der Waals surface area contributed by atoms with Gasteiger partial charge in [-0.05, 0) is 48.7 Å². The molecule has 0 bridgehead atoms. The van der Waals surface area contributed by atoms with Crippen molar-refractivity contribution in [3.63, 3.8) is 0 Å². The first-order valence-electron chi connectivity index (χ1n) is 13.5. The molecule has 0 saturated heterocycles. The lowest BCUT2D eigenvalue weighted by atomic mass is 9.88. The number of pyridine rings is 3. The summed E-state index contributed by atoms with van der Waals surface area (Å²) in [5.74, 6) is -0.183. The van der Waals surface area contributed by atoms with E-state index in [1.165, 1.54) is 18.6 Å². The van der Waals surface area contributed by atoms with Crippen LogP contribution in [0.3, 0.4) is 0 Å². The van der Waals surface area contributed by atoms with Crippen LogP contribution in [0.2, 0.25) is 0 Å². The summed E-state index contributed by atoms with van der Waals surface area (Å²) in [6, 6.07) is 9.42. The van der Waals surface area contributed by atoms with Gasteiger partial charge in [0.1, 0.15) is 22.8 Å². The summed E-state index contributed by atoms with van der Waals surface area (Å²) in [6.07, 6.45) is 11.9. The lowest BCUT2D eigenvalue weighted by Gasteiger charge is -2.20. The lowest BCUT2D eigenvalue weighted by Crippen LogP contribution is -2.24. The number of rotatable bonds is 5. The number of nitrogens with one attached hydrogen (secondary N) is 3. The molecule has 0 unspecified atom stereocenters. The number of halogens is 1. The number of amides is 1. The van der Waals surface area contributed by atoms with Crippen molar-refractivity contribution in [2.45, 2.75) is 32.1 Å². The second-order valence-corrected chi connectivity index (χ2v) is 10.3. The van der Waals surface area contributed by atoms with Crippen LogP contribution in [0, 0.1) is 11.7 Å². The zero-order valence-electron chi connectivity index (χ0n) is 21.9. The van der Waals surface area contributed by atoms with Gasteiger partial charge >= 0.3 is 0 Å². The summed E-state index contributed by atoms with van der Waals surface area (Å²) >= 11 is 0. The van der Waals surface area contributed by atoms with Gasteiger partial charge in [0.2, 0.25) is 5.91 Å². The molecule has 1 aliphatic carbocycles. The van der Waals surface area contributed by atoms with Crippen molar-refractivity contribution < 1.29 is 14.3 Å². The summed E-state index contributed by atoms with van der Waals surface area (Å²) in [5, 5.41) is 21.1. The molecule has 5 aromatic heterocycles. The van der Waals surface area contributed by atoms with E-state index in [2.05, 4.69) is 35.5 Å². The van der Waals surface area contributed by atoms with E-state index in [0.29, 0.717) is 45.1 Å². The number of carbonyl (C=O) groups is 1.